The number of aromatic nitrogens is 2. The Morgan fingerprint density at radius 1 is 1.06 bits per heavy atom. The van der Waals surface area contributed by atoms with E-state index in [2.05, 4.69) is 25.9 Å². The molecule has 2 rings (SSSR count). The summed E-state index contributed by atoms with van der Waals surface area (Å²) in [6, 6.07) is 7.25. The molecular formula is C11H5BrClF3N2. The van der Waals surface area contributed by atoms with Crippen molar-refractivity contribution in [1.82, 2.24) is 9.97 Å². The summed E-state index contributed by atoms with van der Waals surface area (Å²) in [4.78, 5) is 7.21. The van der Waals surface area contributed by atoms with Crippen LogP contribution in [0.3, 0.4) is 0 Å². The Bertz CT molecular complexity index is 569. The minimum atomic E-state index is -4.51. The van der Waals surface area contributed by atoms with E-state index in [1.165, 1.54) is 0 Å². The number of hydrogen-bond acceptors (Lipinski definition) is 2. The highest BCUT2D eigenvalue weighted by Gasteiger charge is 2.33. The Hall–Kier alpha value is -1.14. The van der Waals surface area contributed by atoms with Crippen molar-refractivity contribution in [2.75, 3.05) is 0 Å². The van der Waals surface area contributed by atoms with Crippen LogP contribution in [-0.4, -0.2) is 9.97 Å². The lowest BCUT2D eigenvalue weighted by atomic mass is 10.1. The van der Waals surface area contributed by atoms with E-state index in [-0.39, 0.29) is 10.4 Å². The van der Waals surface area contributed by atoms with Gasteiger partial charge in [-0.15, -0.1) is 0 Å². The van der Waals surface area contributed by atoms with Gasteiger partial charge in [0.1, 0.15) is 5.69 Å². The number of nitrogens with zero attached hydrogens (tertiary/aromatic N) is 2. The number of alkyl halides is 3. The Morgan fingerprint density at radius 3 is 2.22 bits per heavy atom. The molecule has 2 aromatic rings. The molecule has 1 aromatic carbocycles. The Balaban J connectivity index is 2.52. The van der Waals surface area contributed by atoms with Crippen molar-refractivity contribution in [2.45, 2.75) is 6.18 Å². The second kappa shape index (κ2) is 4.85. The van der Waals surface area contributed by atoms with Gasteiger partial charge < -0.3 is 0 Å². The molecule has 0 fully saturated rings. The number of hydrogen-bond donors (Lipinski definition) is 0. The predicted octanol–water partition coefficient (Wildman–Crippen LogP) is 4.58. The predicted molar refractivity (Wildman–Crippen MR) is 65.2 cm³/mol. The third-order valence-corrected chi connectivity index (χ3v) is 2.74. The first kappa shape index (κ1) is 13.3. The summed E-state index contributed by atoms with van der Waals surface area (Å²) in [6.07, 6.45) is -4.51. The Labute approximate surface area is 114 Å². The van der Waals surface area contributed by atoms with E-state index in [1.54, 1.807) is 24.3 Å². The number of benzene rings is 1. The highest BCUT2D eigenvalue weighted by Crippen LogP contribution is 2.31. The lowest BCUT2D eigenvalue weighted by molar-refractivity contribution is -0.141. The van der Waals surface area contributed by atoms with Crippen molar-refractivity contribution in [3.05, 3.63) is 45.8 Å². The van der Waals surface area contributed by atoms with Crippen LogP contribution in [0.5, 0.6) is 0 Å². The van der Waals surface area contributed by atoms with Gasteiger partial charge in [-0.05, 0) is 34.1 Å². The first-order valence-corrected chi connectivity index (χ1v) is 5.91. The summed E-state index contributed by atoms with van der Waals surface area (Å²) < 4.78 is 37.7. The molecule has 0 amide bonds. The van der Waals surface area contributed by atoms with E-state index in [1.807, 2.05) is 0 Å². The highest BCUT2D eigenvalue weighted by molar-refractivity contribution is 9.10. The molecule has 94 valence electrons. The lowest BCUT2D eigenvalue weighted by Crippen LogP contribution is -2.09. The van der Waals surface area contributed by atoms with Gasteiger partial charge in [0.15, 0.2) is 4.73 Å². The molecule has 0 N–H and O–H groups in total. The Kier molecular flexibility index (Phi) is 3.59. The van der Waals surface area contributed by atoms with Crippen LogP contribution < -0.4 is 0 Å². The van der Waals surface area contributed by atoms with E-state index < -0.39 is 11.9 Å². The van der Waals surface area contributed by atoms with Gasteiger partial charge in [-0.25, -0.2) is 9.97 Å². The molecule has 0 bridgehead atoms. The van der Waals surface area contributed by atoms with Crippen LogP contribution in [0, 0.1) is 0 Å². The van der Waals surface area contributed by atoms with Gasteiger partial charge in [-0.3, -0.25) is 0 Å². The second-order valence-corrected chi connectivity index (χ2v) is 4.56. The lowest BCUT2D eigenvalue weighted by Gasteiger charge is -2.08. The van der Waals surface area contributed by atoms with Crippen LogP contribution in [0.15, 0.2) is 35.1 Å². The minimum absolute atomic E-state index is 0.109. The number of rotatable bonds is 1. The van der Waals surface area contributed by atoms with E-state index in [0.29, 0.717) is 10.6 Å². The summed E-state index contributed by atoms with van der Waals surface area (Å²) in [6.45, 7) is 0. The molecule has 0 atom stereocenters. The third-order valence-electron chi connectivity index (χ3n) is 2.13. The molecule has 0 unspecified atom stereocenters. The van der Waals surface area contributed by atoms with Crippen LogP contribution in [0.2, 0.25) is 5.02 Å². The SMILES string of the molecule is FC(F)(F)c1cc(-c2ccc(Cl)cc2)nc(Br)n1. The molecule has 0 aliphatic carbocycles. The number of halogens is 5. The topological polar surface area (TPSA) is 25.8 Å². The molecule has 0 radical (unpaired) electrons. The second-order valence-electron chi connectivity index (χ2n) is 3.41. The van der Waals surface area contributed by atoms with Crippen LogP contribution in [0.25, 0.3) is 11.3 Å². The van der Waals surface area contributed by atoms with Gasteiger partial charge in [0.05, 0.1) is 5.69 Å². The van der Waals surface area contributed by atoms with Gasteiger partial charge in [0, 0.05) is 10.6 Å². The van der Waals surface area contributed by atoms with E-state index >= 15 is 0 Å². The molecule has 1 aromatic heterocycles. The average Bonchev–Trinajstić information content (AvgIpc) is 2.28. The molecule has 0 aliphatic heterocycles. The van der Waals surface area contributed by atoms with E-state index in [9.17, 15) is 13.2 Å². The summed E-state index contributed by atoms with van der Waals surface area (Å²) >= 11 is 8.58. The van der Waals surface area contributed by atoms with Crippen LogP contribution in [0.4, 0.5) is 13.2 Å². The summed E-state index contributed by atoms with van der Waals surface area (Å²) in [5.74, 6) is 0. The maximum Gasteiger partial charge on any atom is 0.433 e. The first-order valence-electron chi connectivity index (χ1n) is 4.74. The van der Waals surface area contributed by atoms with Gasteiger partial charge >= 0.3 is 6.18 Å². The Morgan fingerprint density at radius 2 is 1.67 bits per heavy atom. The molecule has 7 heteroatoms. The zero-order chi connectivity index (χ0) is 13.3. The van der Waals surface area contributed by atoms with E-state index in [4.69, 9.17) is 11.6 Å². The van der Waals surface area contributed by atoms with Crippen molar-refractivity contribution >= 4 is 27.5 Å². The molecule has 0 spiro atoms. The van der Waals surface area contributed by atoms with Crippen LogP contribution in [0.1, 0.15) is 5.69 Å². The van der Waals surface area contributed by atoms with Crippen molar-refractivity contribution in [3.8, 4) is 11.3 Å². The molecule has 0 aliphatic rings. The molecule has 2 nitrogen and oxygen atoms in total. The fourth-order valence-electron chi connectivity index (χ4n) is 1.33. The fraction of sp³-hybridized carbons (Fsp3) is 0.0909. The quantitative estimate of drug-likeness (QED) is 0.712. The maximum atomic E-state index is 12.6. The fourth-order valence-corrected chi connectivity index (χ4v) is 1.84. The molecular weight excluding hydrogens is 332 g/mol. The maximum absolute atomic E-state index is 12.6. The standard InChI is InChI=1S/C11H5BrClF3N2/c12-10-17-8(5-9(18-10)11(14,15)16)6-1-3-7(13)4-2-6/h1-5H. The normalized spacial score (nSPS) is 11.6. The average molecular weight is 338 g/mol. The summed E-state index contributed by atoms with van der Waals surface area (Å²) in [5, 5.41) is 0.503. The van der Waals surface area contributed by atoms with Crippen molar-refractivity contribution < 1.29 is 13.2 Å². The molecule has 0 saturated carbocycles. The summed E-state index contributed by atoms with van der Waals surface area (Å²) in [5.41, 5.74) is -0.275. The van der Waals surface area contributed by atoms with Gasteiger partial charge in [0.2, 0.25) is 0 Å². The van der Waals surface area contributed by atoms with E-state index in [0.717, 1.165) is 6.07 Å². The van der Waals surface area contributed by atoms with Crippen molar-refractivity contribution in [2.24, 2.45) is 0 Å². The van der Waals surface area contributed by atoms with Crippen LogP contribution in [-0.2, 0) is 6.18 Å². The zero-order valence-corrected chi connectivity index (χ0v) is 11.0. The highest BCUT2D eigenvalue weighted by atomic mass is 79.9. The third kappa shape index (κ3) is 3.00. The van der Waals surface area contributed by atoms with Crippen molar-refractivity contribution in [1.29, 1.82) is 0 Å². The van der Waals surface area contributed by atoms with Gasteiger partial charge in [-0.2, -0.15) is 13.2 Å². The molecule has 1 heterocycles. The molecule has 0 saturated heterocycles. The largest absolute Gasteiger partial charge is 0.433 e. The molecule has 18 heavy (non-hydrogen) atoms. The summed E-state index contributed by atoms with van der Waals surface area (Å²) in [7, 11) is 0. The smallest absolute Gasteiger partial charge is 0.222 e. The monoisotopic (exact) mass is 336 g/mol. The van der Waals surface area contributed by atoms with Gasteiger partial charge in [-0.1, -0.05) is 23.7 Å². The minimum Gasteiger partial charge on any atom is -0.222 e. The zero-order valence-electron chi connectivity index (χ0n) is 8.67. The first-order chi connectivity index (χ1) is 8.36. The van der Waals surface area contributed by atoms with Crippen molar-refractivity contribution in [3.63, 3.8) is 0 Å². The van der Waals surface area contributed by atoms with Crippen LogP contribution >= 0.6 is 27.5 Å². The van der Waals surface area contributed by atoms with Gasteiger partial charge in [0.25, 0.3) is 0 Å².